The van der Waals surface area contributed by atoms with Gasteiger partial charge < -0.3 is 15.0 Å². The van der Waals surface area contributed by atoms with Crippen molar-refractivity contribution in [1.82, 2.24) is 10.3 Å². The minimum atomic E-state index is -4.74. The standard InChI is InChI=1S/C20H11Cl2F3N2O3/c21-9-1-4-14-12(7-9)17(13-8-10(22)2-5-15(13)30-14)27-19(29)11-3-6-16(20(23,24)25)26-18(11)28/h1-8,17H,(H,26,28)(H,27,29). The van der Waals surface area contributed by atoms with Crippen LogP contribution < -0.4 is 15.6 Å². The number of hydrogen-bond acceptors (Lipinski definition) is 3. The summed E-state index contributed by atoms with van der Waals surface area (Å²) in [4.78, 5) is 26.5. The van der Waals surface area contributed by atoms with E-state index in [1.54, 1.807) is 41.4 Å². The molecule has 1 amide bonds. The molecule has 1 aliphatic rings. The maximum absolute atomic E-state index is 12.8. The number of carbonyl (C=O) groups is 1. The van der Waals surface area contributed by atoms with Crippen molar-refractivity contribution in [2.24, 2.45) is 0 Å². The SMILES string of the molecule is O=C(NC1c2cc(Cl)ccc2Oc2ccc(Cl)cc21)c1ccc(C(F)(F)F)[nH]c1=O. The van der Waals surface area contributed by atoms with Gasteiger partial charge in [0, 0.05) is 21.2 Å². The lowest BCUT2D eigenvalue weighted by Gasteiger charge is -2.29. The fourth-order valence-corrected chi connectivity index (χ4v) is 3.50. The summed E-state index contributed by atoms with van der Waals surface area (Å²) < 4.78 is 44.1. The van der Waals surface area contributed by atoms with Crippen LogP contribution in [0.5, 0.6) is 11.5 Å². The van der Waals surface area contributed by atoms with E-state index in [0.717, 1.165) is 6.07 Å². The summed E-state index contributed by atoms with van der Waals surface area (Å²) in [6.45, 7) is 0. The van der Waals surface area contributed by atoms with Crippen molar-refractivity contribution in [3.63, 3.8) is 0 Å². The number of aromatic nitrogens is 1. The third kappa shape index (κ3) is 3.76. The van der Waals surface area contributed by atoms with E-state index in [1.807, 2.05) is 0 Å². The Balaban J connectivity index is 1.74. The molecule has 0 radical (unpaired) electrons. The van der Waals surface area contributed by atoms with Gasteiger partial charge in [-0.05, 0) is 48.5 Å². The van der Waals surface area contributed by atoms with Gasteiger partial charge in [-0.15, -0.1) is 0 Å². The van der Waals surface area contributed by atoms with Crippen molar-refractivity contribution in [2.75, 3.05) is 0 Å². The number of aromatic amines is 1. The Morgan fingerprint density at radius 3 is 2.03 bits per heavy atom. The molecule has 0 spiro atoms. The molecule has 30 heavy (non-hydrogen) atoms. The van der Waals surface area contributed by atoms with Gasteiger partial charge in [0.1, 0.15) is 22.8 Å². The summed E-state index contributed by atoms with van der Waals surface area (Å²) in [6.07, 6.45) is -4.74. The molecule has 0 unspecified atom stereocenters. The minimum Gasteiger partial charge on any atom is -0.457 e. The Kier molecular flexibility index (Phi) is 4.99. The highest BCUT2D eigenvalue weighted by atomic mass is 35.5. The van der Waals surface area contributed by atoms with Gasteiger partial charge in [-0.25, -0.2) is 0 Å². The van der Waals surface area contributed by atoms with Crippen molar-refractivity contribution in [3.05, 3.63) is 91.3 Å². The summed E-state index contributed by atoms with van der Waals surface area (Å²) in [5.74, 6) is -0.00423. The van der Waals surface area contributed by atoms with E-state index in [-0.39, 0.29) is 0 Å². The molecule has 0 atom stereocenters. The molecule has 2 aromatic carbocycles. The second kappa shape index (κ2) is 7.37. The zero-order chi connectivity index (χ0) is 21.6. The van der Waals surface area contributed by atoms with Gasteiger partial charge in [-0.2, -0.15) is 13.2 Å². The Morgan fingerprint density at radius 2 is 1.53 bits per heavy atom. The molecular weight excluding hydrogens is 444 g/mol. The van der Waals surface area contributed by atoms with Crippen molar-refractivity contribution in [3.8, 4) is 11.5 Å². The van der Waals surface area contributed by atoms with E-state index in [2.05, 4.69) is 5.32 Å². The number of carbonyl (C=O) groups excluding carboxylic acids is 1. The highest BCUT2D eigenvalue weighted by Crippen LogP contribution is 2.44. The first kappa shape index (κ1) is 20.3. The molecule has 0 saturated carbocycles. The maximum Gasteiger partial charge on any atom is 0.431 e. The molecule has 3 aromatic rings. The molecule has 0 saturated heterocycles. The molecule has 5 nitrogen and oxygen atoms in total. The normalized spacial score (nSPS) is 13.2. The lowest BCUT2D eigenvalue weighted by atomic mass is 9.94. The lowest BCUT2D eigenvalue weighted by molar-refractivity contribution is -0.141. The average Bonchev–Trinajstić information content (AvgIpc) is 2.67. The first-order chi connectivity index (χ1) is 14.1. The molecule has 2 heterocycles. The van der Waals surface area contributed by atoms with Crippen molar-refractivity contribution >= 4 is 29.1 Å². The number of amides is 1. The number of hydrogen-bond donors (Lipinski definition) is 2. The molecule has 0 bridgehead atoms. The van der Waals surface area contributed by atoms with Crippen LogP contribution in [0.15, 0.2) is 53.3 Å². The first-order valence-corrected chi connectivity index (χ1v) is 9.27. The molecule has 1 aromatic heterocycles. The predicted octanol–water partition coefficient (Wildman–Crippen LogP) is 5.33. The number of H-pyrrole nitrogens is 1. The van der Waals surface area contributed by atoms with Gasteiger partial charge >= 0.3 is 6.18 Å². The number of alkyl halides is 3. The van der Waals surface area contributed by atoms with Crippen LogP contribution in [0.1, 0.15) is 33.2 Å². The number of benzene rings is 2. The Labute approximate surface area is 177 Å². The second-order valence-corrected chi connectivity index (χ2v) is 7.36. The lowest BCUT2D eigenvalue weighted by Crippen LogP contribution is -2.35. The van der Waals surface area contributed by atoms with Crippen LogP contribution in [0.4, 0.5) is 13.2 Å². The molecule has 2 N–H and O–H groups in total. The van der Waals surface area contributed by atoms with Crippen molar-refractivity contribution < 1.29 is 22.7 Å². The van der Waals surface area contributed by atoms with Crippen LogP contribution in [0.25, 0.3) is 0 Å². The number of rotatable bonds is 2. The fraction of sp³-hybridized carbons (Fsp3) is 0.100. The number of ether oxygens (including phenoxy) is 1. The summed E-state index contributed by atoms with van der Waals surface area (Å²) in [5, 5.41) is 3.43. The van der Waals surface area contributed by atoms with E-state index in [9.17, 15) is 22.8 Å². The van der Waals surface area contributed by atoms with Gasteiger partial charge in [0.25, 0.3) is 11.5 Å². The average molecular weight is 455 g/mol. The summed E-state index contributed by atoms with van der Waals surface area (Å²) in [5.41, 5.74) is -1.86. The van der Waals surface area contributed by atoms with Gasteiger partial charge in [0.2, 0.25) is 0 Å². The summed E-state index contributed by atoms with van der Waals surface area (Å²) in [6, 6.07) is 10.3. The highest BCUT2D eigenvalue weighted by molar-refractivity contribution is 6.31. The molecule has 0 fully saturated rings. The van der Waals surface area contributed by atoms with Crippen molar-refractivity contribution in [2.45, 2.75) is 12.2 Å². The summed E-state index contributed by atoms with van der Waals surface area (Å²) >= 11 is 12.2. The molecule has 4 rings (SSSR count). The van der Waals surface area contributed by atoms with E-state index >= 15 is 0 Å². The van der Waals surface area contributed by atoms with Gasteiger partial charge in [0.05, 0.1) is 6.04 Å². The Bertz CT molecular complexity index is 1170. The largest absolute Gasteiger partial charge is 0.457 e. The maximum atomic E-state index is 12.8. The van der Waals surface area contributed by atoms with E-state index < -0.39 is 34.9 Å². The first-order valence-electron chi connectivity index (χ1n) is 8.51. The van der Waals surface area contributed by atoms with E-state index in [1.165, 1.54) is 0 Å². The predicted molar refractivity (Wildman–Crippen MR) is 104 cm³/mol. The zero-order valence-corrected chi connectivity index (χ0v) is 16.3. The number of pyridine rings is 1. The van der Waals surface area contributed by atoms with Gasteiger partial charge in [-0.1, -0.05) is 23.2 Å². The number of fused-ring (bicyclic) bond motifs is 2. The van der Waals surface area contributed by atoms with E-state index in [4.69, 9.17) is 27.9 Å². The third-order valence-electron chi connectivity index (χ3n) is 4.52. The quantitative estimate of drug-likeness (QED) is 0.549. The van der Waals surface area contributed by atoms with Crippen LogP contribution in [-0.2, 0) is 6.18 Å². The van der Waals surface area contributed by atoms with Crippen LogP contribution in [0.3, 0.4) is 0 Å². The van der Waals surface area contributed by atoms with Crippen LogP contribution in [-0.4, -0.2) is 10.9 Å². The van der Waals surface area contributed by atoms with Crippen LogP contribution >= 0.6 is 23.2 Å². The van der Waals surface area contributed by atoms with E-state index in [0.29, 0.717) is 38.7 Å². The molecule has 0 aliphatic carbocycles. The topological polar surface area (TPSA) is 71.2 Å². The molecule has 1 aliphatic heterocycles. The van der Waals surface area contributed by atoms with Crippen LogP contribution in [0, 0.1) is 0 Å². The van der Waals surface area contributed by atoms with Crippen molar-refractivity contribution in [1.29, 1.82) is 0 Å². The monoisotopic (exact) mass is 454 g/mol. The smallest absolute Gasteiger partial charge is 0.431 e. The molecular formula is C20H11Cl2F3N2O3. The third-order valence-corrected chi connectivity index (χ3v) is 4.99. The molecule has 10 heteroatoms. The van der Waals surface area contributed by atoms with Crippen LogP contribution in [0.2, 0.25) is 10.0 Å². The second-order valence-electron chi connectivity index (χ2n) is 6.49. The number of nitrogens with one attached hydrogen (secondary N) is 2. The highest BCUT2D eigenvalue weighted by Gasteiger charge is 2.33. The Morgan fingerprint density at radius 1 is 0.967 bits per heavy atom. The minimum absolute atomic E-state index is 0.384. The van der Waals surface area contributed by atoms with Gasteiger partial charge in [-0.3, -0.25) is 9.59 Å². The molecule has 154 valence electrons. The summed E-state index contributed by atoms with van der Waals surface area (Å²) in [7, 11) is 0. The van der Waals surface area contributed by atoms with Gasteiger partial charge in [0.15, 0.2) is 0 Å². The zero-order valence-electron chi connectivity index (χ0n) is 14.8. The number of halogens is 5. The fourth-order valence-electron chi connectivity index (χ4n) is 3.14. The Hall–Kier alpha value is -2.97.